The molecule has 2 aliphatic rings. The Kier molecular flexibility index (Phi) is 4.54. The van der Waals surface area contributed by atoms with E-state index in [-0.39, 0.29) is 13.0 Å². The fourth-order valence-corrected chi connectivity index (χ4v) is 3.36. The van der Waals surface area contributed by atoms with Crippen LogP contribution in [-0.2, 0) is 28.8 Å². The first-order valence-electron chi connectivity index (χ1n) is 7.63. The van der Waals surface area contributed by atoms with Crippen molar-refractivity contribution in [2.45, 2.75) is 45.7 Å². The van der Waals surface area contributed by atoms with Crippen molar-refractivity contribution in [3.8, 4) is 0 Å². The van der Waals surface area contributed by atoms with Crippen molar-refractivity contribution in [2.24, 2.45) is 5.41 Å². The van der Waals surface area contributed by atoms with E-state index in [1.165, 1.54) is 14.0 Å². The van der Waals surface area contributed by atoms with Crippen molar-refractivity contribution in [3.05, 3.63) is 12.2 Å². The Morgan fingerprint density at radius 2 is 1.79 bits per heavy atom. The van der Waals surface area contributed by atoms with E-state index in [1.807, 2.05) is 0 Å². The van der Waals surface area contributed by atoms with E-state index in [1.54, 1.807) is 20.8 Å². The van der Waals surface area contributed by atoms with Gasteiger partial charge in [0.1, 0.15) is 5.54 Å². The van der Waals surface area contributed by atoms with Gasteiger partial charge in [0, 0.05) is 32.6 Å². The van der Waals surface area contributed by atoms with Crippen LogP contribution in [0, 0.1) is 5.41 Å². The topological polar surface area (TPSA) is 93.2 Å². The summed E-state index contributed by atoms with van der Waals surface area (Å²) in [6.45, 7) is 6.60. The van der Waals surface area contributed by atoms with Crippen LogP contribution >= 0.6 is 0 Å². The number of hydroxylamine groups is 2. The summed E-state index contributed by atoms with van der Waals surface area (Å²) >= 11 is 0. The van der Waals surface area contributed by atoms with E-state index in [9.17, 15) is 19.2 Å². The molecular weight excluding hydrogens is 316 g/mol. The Bertz CT molecular complexity index is 603. The van der Waals surface area contributed by atoms with Crippen LogP contribution in [0.2, 0.25) is 0 Å². The Labute approximate surface area is 140 Å². The minimum Gasteiger partial charge on any atom is -0.382 e. The second kappa shape index (κ2) is 6.01. The Morgan fingerprint density at radius 1 is 1.25 bits per heavy atom. The summed E-state index contributed by atoms with van der Waals surface area (Å²) in [4.78, 5) is 55.2. The smallest absolute Gasteiger partial charge is 0.329 e. The molecule has 0 saturated carbocycles. The first-order chi connectivity index (χ1) is 11.1. The lowest BCUT2D eigenvalue weighted by Gasteiger charge is -2.44. The molecule has 8 heteroatoms. The molecule has 132 valence electrons. The first-order valence-corrected chi connectivity index (χ1v) is 7.63. The molecule has 2 heterocycles. The highest BCUT2D eigenvalue weighted by Gasteiger charge is 2.65. The van der Waals surface area contributed by atoms with Crippen LogP contribution in [-0.4, -0.2) is 59.0 Å². The maximum atomic E-state index is 13.2. The number of carbonyl (C=O) groups excluding carboxylic acids is 4. The van der Waals surface area contributed by atoms with Crippen LogP contribution in [0.4, 0.5) is 0 Å². The molecule has 8 nitrogen and oxygen atoms in total. The molecule has 24 heavy (non-hydrogen) atoms. The van der Waals surface area contributed by atoms with E-state index >= 15 is 0 Å². The molecule has 0 aromatic carbocycles. The molecule has 3 amide bonds. The van der Waals surface area contributed by atoms with Crippen LogP contribution < -0.4 is 0 Å². The number of hydrogen-bond acceptors (Lipinski definition) is 6. The predicted octanol–water partition coefficient (Wildman–Crippen LogP) is 0.422. The number of hydrogen-bond donors (Lipinski definition) is 0. The van der Waals surface area contributed by atoms with Crippen LogP contribution in [0.3, 0.4) is 0 Å². The highest BCUT2D eigenvalue weighted by molar-refractivity contribution is 6.16. The van der Waals surface area contributed by atoms with E-state index < -0.39 is 40.7 Å². The van der Waals surface area contributed by atoms with Crippen molar-refractivity contribution in [1.82, 2.24) is 9.96 Å². The van der Waals surface area contributed by atoms with Crippen LogP contribution in [0.1, 0.15) is 34.1 Å². The minimum absolute atomic E-state index is 0.112. The summed E-state index contributed by atoms with van der Waals surface area (Å²) < 4.78 is 5.12. The monoisotopic (exact) mass is 338 g/mol. The van der Waals surface area contributed by atoms with Gasteiger partial charge in [0.2, 0.25) is 0 Å². The van der Waals surface area contributed by atoms with Gasteiger partial charge in [-0.3, -0.25) is 24.1 Å². The maximum absolute atomic E-state index is 13.2. The number of methoxy groups -OCH3 is 1. The normalized spacial score (nSPS) is 27.4. The predicted molar refractivity (Wildman–Crippen MR) is 82.1 cm³/mol. The average Bonchev–Trinajstić information content (AvgIpc) is 2.91. The number of carbonyl (C=O) groups is 4. The van der Waals surface area contributed by atoms with Gasteiger partial charge in [-0.25, -0.2) is 0 Å². The van der Waals surface area contributed by atoms with Gasteiger partial charge in [0.05, 0.1) is 12.6 Å². The van der Waals surface area contributed by atoms with Crippen molar-refractivity contribution in [1.29, 1.82) is 0 Å². The molecule has 2 atom stereocenters. The third-order valence-electron chi connectivity index (χ3n) is 4.43. The molecule has 0 N–H and O–H groups in total. The lowest BCUT2D eigenvalue weighted by atomic mass is 9.70. The number of imide groups is 1. The molecule has 0 radical (unpaired) electrons. The van der Waals surface area contributed by atoms with Gasteiger partial charge in [-0.1, -0.05) is 20.8 Å². The van der Waals surface area contributed by atoms with Gasteiger partial charge >= 0.3 is 5.97 Å². The molecule has 0 aromatic heterocycles. The largest absolute Gasteiger partial charge is 0.382 e. The molecule has 0 spiro atoms. The van der Waals surface area contributed by atoms with Gasteiger partial charge in [-0.15, -0.1) is 0 Å². The second-order valence-electron chi connectivity index (χ2n) is 6.98. The first kappa shape index (κ1) is 18.1. The summed E-state index contributed by atoms with van der Waals surface area (Å²) in [6, 6.07) is -0.591. The molecule has 0 bridgehead atoms. The third kappa shape index (κ3) is 2.60. The Balaban J connectivity index is 2.55. The zero-order valence-electron chi connectivity index (χ0n) is 14.5. The van der Waals surface area contributed by atoms with Crippen molar-refractivity contribution in [2.75, 3.05) is 13.7 Å². The molecule has 2 aliphatic heterocycles. The van der Waals surface area contributed by atoms with Gasteiger partial charge in [0.25, 0.3) is 17.7 Å². The lowest BCUT2D eigenvalue weighted by molar-refractivity contribution is -0.204. The molecule has 0 aliphatic carbocycles. The minimum atomic E-state index is -1.46. The summed E-state index contributed by atoms with van der Waals surface area (Å²) in [6.07, 6.45) is 2.40. The molecule has 1 fully saturated rings. The molecule has 0 aromatic rings. The van der Waals surface area contributed by atoms with Gasteiger partial charge in [-0.2, -0.15) is 5.06 Å². The fourth-order valence-electron chi connectivity index (χ4n) is 3.36. The van der Waals surface area contributed by atoms with Crippen LogP contribution in [0.15, 0.2) is 12.2 Å². The van der Waals surface area contributed by atoms with Gasteiger partial charge < -0.3 is 9.57 Å². The molecule has 1 saturated heterocycles. The summed E-state index contributed by atoms with van der Waals surface area (Å²) in [5, 5.41) is 0.940. The SMILES string of the molecule is COC[C@@H]1C[C@](N2C(=O)C=CC2=O)(C(C)(C)C)C(=O)N1OC(C)=O. The average molecular weight is 338 g/mol. The Morgan fingerprint density at radius 3 is 2.21 bits per heavy atom. The van der Waals surface area contributed by atoms with E-state index in [0.29, 0.717) is 0 Å². The van der Waals surface area contributed by atoms with Gasteiger partial charge in [0.15, 0.2) is 0 Å². The zero-order valence-corrected chi connectivity index (χ0v) is 14.5. The number of ether oxygens (including phenoxy) is 1. The van der Waals surface area contributed by atoms with E-state index in [4.69, 9.17) is 9.57 Å². The Hall–Kier alpha value is -2.22. The molecular formula is C16H22N2O6. The molecule has 2 rings (SSSR count). The second-order valence-corrected chi connectivity index (χ2v) is 6.98. The summed E-state index contributed by atoms with van der Waals surface area (Å²) in [5.41, 5.74) is -2.23. The van der Waals surface area contributed by atoms with Crippen molar-refractivity contribution < 1.29 is 28.8 Å². The number of amides is 3. The summed E-state index contributed by atoms with van der Waals surface area (Å²) in [5.74, 6) is -2.36. The van der Waals surface area contributed by atoms with Crippen LogP contribution in [0.5, 0.6) is 0 Å². The fraction of sp³-hybridized carbons (Fsp3) is 0.625. The van der Waals surface area contributed by atoms with Crippen LogP contribution in [0.25, 0.3) is 0 Å². The standard InChI is InChI=1S/C16H22N2O6/c1-10(19)24-18-11(9-23-5)8-16(14(18)22,15(2,3)4)17-12(20)6-7-13(17)21/h6-7,11H,8-9H2,1-5H3/t11-,16+/m0/s1. The molecule has 0 unspecified atom stereocenters. The third-order valence-corrected chi connectivity index (χ3v) is 4.43. The highest BCUT2D eigenvalue weighted by Crippen LogP contribution is 2.47. The van der Waals surface area contributed by atoms with Gasteiger partial charge in [-0.05, 0) is 5.41 Å². The van der Waals surface area contributed by atoms with Crippen molar-refractivity contribution >= 4 is 23.7 Å². The number of rotatable bonds is 4. The number of nitrogens with zero attached hydrogens (tertiary/aromatic N) is 2. The van der Waals surface area contributed by atoms with Crippen molar-refractivity contribution in [3.63, 3.8) is 0 Å². The zero-order chi connectivity index (χ0) is 18.3. The lowest BCUT2D eigenvalue weighted by Crippen LogP contribution is -2.63. The van der Waals surface area contributed by atoms with E-state index in [0.717, 1.165) is 22.1 Å². The highest BCUT2D eigenvalue weighted by atomic mass is 16.7. The maximum Gasteiger partial charge on any atom is 0.329 e. The summed E-state index contributed by atoms with van der Waals surface area (Å²) in [7, 11) is 1.46. The van der Waals surface area contributed by atoms with E-state index in [2.05, 4.69) is 0 Å². The quantitative estimate of drug-likeness (QED) is 0.690.